The summed E-state index contributed by atoms with van der Waals surface area (Å²) >= 11 is 0. The van der Waals surface area contributed by atoms with Gasteiger partial charge >= 0.3 is 5.97 Å². The third kappa shape index (κ3) is 6.00. The SMILES string of the molecule is CC1=CC2C(=O)OC3CC(C/C=C(\CF)CC(C)/C=C/C=C4\COC(C1O)C42O)OC1(CCC(C)C(C(C)C)O1)C3. The second-order valence-corrected chi connectivity index (χ2v) is 13.4. The lowest BCUT2D eigenvalue weighted by atomic mass is 9.71. The molecule has 2 bridgehead atoms. The summed E-state index contributed by atoms with van der Waals surface area (Å²) in [5.74, 6) is -1.76. The van der Waals surface area contributed by atoms with Crippen LogP contribution in [0.5, 0.6) is 0 Å². The minimum atomic E-state index is -1.74. The molecule has 7 nitrogen and oxygen atoms in total. The van der Waals surface area contributed by atoms with E-state index in [4.69, 9.17) is 18.9 Å². The van der Waals surface area contributed by atoms with Crippen LogP contribution in [0.25, 0.3) is 0 Å². The number of aliphatic hydroxyl groups excluding tert-OH is 1. The van der Waals surface area contributed by atoms with Crippen LogP contribution in [0.3, 0.4) is 0 Å². The molecule has 10 atom stereocenters. The van der Waals surface area contributed by atoms with E-state index in [0.717, 1.165) is 6.42 Å². The van der Waals surface area contributed by atoms with Crippen LogP contribution >= 0.6 is 0 Å². The Morgan fingerprint density at radius 1 is 1.20 bits per heavy atom. The van der Waals surface area contributed by atoms with Gasteiger partial charge in [0.05, 0.1) is 18.8 Å². The highest BCUT2D eigenvalue weighted by molar-refractivity contribution is 5.78. The van der Waals surface area contributed by atoms with Crippen LogP contribution in [0.15, 0.2) is 47.1 Å². The summed E-state index contributed by atoms with van der Waals surface area (Å²) in [5.41, 5.74) is 0.0357. The molecule has 1 spiro atoms. The number of hydrogen-bond acceptors (Lipinski definition) is 7. The molecule has 0 aromatic rings. The lowest BCUT2D eigenvalue weighted by Crippen LogP contribution is -2.58. The molecule has 0 saturated carbocycles. The largest absolute Gasteiger partial charge is 0.462 e. The molecule has 228 valence electrons. The Morgan fingerprint density at radius 2 is 1.98 bits per heavy atom. The van der Waals surface area contributed by atoms with Crippen molar-refractivity contribution in [1.29, 1.82) is 0 Å². The maximum Gasteiger partial charge on any atom is 0.316 e. The number of allylic oxidation sites excluding steroid dienone is 4. The molecule has 0 amide bonds. The number of carbonyl (C=O) groups is 1. The quantitative estimate of drug-likeness (QED) is 0.349. The summed E-state index contributed by atoms with van der Waals surface area (Å²) in [6, 6.07) is 0. The molecule has 3 fully saturated rings. The summed E-state index contributed by atoms with van der Waals surface area (Å²) in [4.78, 5) is 13.9. The van der Waals surface area contributed by atoms with Crippen LogP contribution in [-0.2, 0) is 23.7 Å². The molecule has 3 saturated heterocycles. The van der Waals surface area contributed by atoms with Gasteiger partial charge in [-0.2, -0.15) is 0 Å². The van der Waals surface area contributed by atoms with Crippen molar-refractivity contribution in [2.24, 2.45) is 23.7 Å². The van der Waals surface area contributed by atoms with E-state index >= 15 is 0 Å². The minimum absolute atomic E-state index is 0.0107. The average Bonchev–Trinajstić information content (AvgIpc) is 3.26. The smallest absolute Gasteiger partial charge is 0.316 e. The predicted molar refractivity (Wildman–Crippen MR) is 152 cm³/mol. The van der Waals surface area contributed by atoms with Gasteiger partial charge in [-0.1, -0.05) is 58.1 Å². The van der Waals surface area contributed by atoms with Gasteiger partial charge in [0, 0.05) is 19.3 Å². The first kappa shape index (κ1) is 30.6. The van der Waals surface area contributed by atoms with Crippen LogP contribution in [0.2, 0.25) is 0 Å². The molecule has 2 N–H and O–H groups in total. The molecular weight excluding hydrogens is 527 g/mol. The Hall–Kier alpha value is -1.84. The standard InChI is InChI=1S/C33H47FO7/c1-19(2)29-21(4)11-12-32(41-29)16-26-15-25(40-32)10-9-23(17-34)13-20(3)7-6-8-24-18-38-30-28(35)22(5)14-27(31(36)39-26)33(24,30)37/h6-9,14,19-21,25-30,35,37H,10-13,15-18H2,1-5H3/b7-6+,23-9-,24-8+. The third-order valence-electron chi connectivity index (χ3n) is 9.72. The highest BCUT2D eigenvalue weighted by Gasteiger charge is 2.60. The Balaban J connectivity index is 1.52. The minimum Gasteiger partial charge on any atom is -0.462 e. The van der Waals surface area contributed by atoms with E-state index in [-0.39, 0.29) is 24.7 Å². The van der Waals surface area contributed by atoms with Crippen LogP contribution in [0.1, 0.15) is 73.1 Å². The number of ether oxygens (including phenoxy) is 4. The van der Waals surface area contributed by atoms with Crippen molar-refractivity contribution in [3.05, 3.63) is 47.1 Å². The van der Waals surface area contributed by atoms with Gasteiger partial charge in [-0.05, 0) is 60.7 Å². The lowest BCUT2D eigenvalue weighted by molar-refractivity contribution is -0.340. The molecule has 5 aliphatic rings. The fraction of sp³-hybridized carbons (Fsp3) is 0.727. The first-order valence-corrected chi connectivity index (χ1v) is 15.3. The van der Waals surface area contributed by atoms with Gasteiger partial charge in [0.2, 0.25) is 0 Å². The second-order valence-electron chi connectivity index (χ2n) is 13.4. The Kier molecular flexibility index (Phi) is 8.99. The Bertz CT molecular complexity index is 1110. The van der Waals surface area contributed by atoms with E-state index in [1.165, 1.54) is 0 Å². The van der Waals surface area contributed by atoms with Gasteiger partial charge in [-0.15, -0.1) is 0 Å². The van der Waals surface area contributed by atoms with Crippen LogP contribution in [0, 0.1) is 23.7 Å². The number of hydrogen-bond donors (Lipinski definition) is 2. The lowest BCUT2D eigenvalue weighted by Gasteiger charge is -2.50. The predicted octanol–water partition coefficient (Wildman–Crippen LogP) is 5.12. The fourth-order valence-electron chi connectivity index (χ4n) is 7.46. The Morgan fingerprint density at radius 3 is 2.71 bits per heavy atom. The zero-order chi connectivity index (χ0) is 29.5. The van der Waals surface area contributed by atoms with E-state index in [1.54, 1.807) is 19.1 Å². The first-order chi connectivity index (χ1) is 19.5. The first-order valence-electron chi connectivity index (χ1n) is 15.3. The van der Waals surface area contributed by atoms with Gasteiger partial charge in [0.25, 0.3) is 0 Å². The van der Waals surface area contributed by atoms with Gasteiger partial charge in [0.1, 0.15) is 36.5 Å². The number of fused-ring (bicyclic) bond motifs is 2. The van der Waals surface area contributed by atoms with Crippen LogP contribution in [-0.4, -0.2) is 71.4 Å². The molecule has 0 aromatic heterocycles. The topological polar surface area (TPSA) is 94.5 Å². The number of halogens is 1. The maximum atomic E-state index is 14.1. The average molecular weight is 575 g/mol. The molecule has 4 aliphatic heterocycles. The zero-order valence-electron chi connectivity index (χ0n) is 25.1. The normalized spacial score (nSPS) is 47.0. The van der Waals surface area contributed by atoms with Gasteiger partial charge < -0.3 is 29.2 Å². The van der Waals surface area contributed by atoms with Crippen molar-refractivity contribution < 1.29 is 38.3 Å². The number of aliphatic hydroxyl groups is 2. The van der Waals surface area contributed by atoms with Crippen molar-refractivity contribution in [2.45, 2.75) is 115 Å². The maximum absolute atomic E-state index is 14.1. The summed E-state index contributed by atoms with van der Waals surface area (Å²) in [6.45, 7) is 9.79. The summed E-state index contributed by atoms with van der Waals surface area (Å²) in [5, 5.41) is 22.9. The molecule has 1 aliphatic carbocycles. The fourth-order valence-corrected chi connectivity index (χ4v) is 7.46. The van der Waals surface area contributed by atoms with Gasteiger partial charge in [-0.25, -0.2) is 4.39 Å². The van der Waals surface area contributed by atoms with Crippen molar-refractivity contribution in [2.75, 3.05) is 13.3 Å². The van der Waals surface area contributed by atoms with E-state index in [0.29, 0.717) is 60.7 Å². The van der Waals surface area contributed by atoms with Gasteiger partial charge in [-0.3, -0.25) is 4.79 Å². The highest BCUT2D eigenvalue weighted by Crippen LogP contribution is 2.47. The molecule has 5 rings (SSSR count). The second kappa shape index (κ2) is 12.0. The van der Waals surface area contributed by atoms with E-state index in [1.807, 2.05) is 25.2 Å². The molecule has 4 heterocycles. The molecule has 0 aromatic carbocycles. The number of esters is 1. The summed E-state index contributed by atoms with van der Waals surface area (Å²) < 4.78 is 39.5. The summed E-state index contributed by atoms with van der Waals surface area (Å²) in [6.07, 6.45) is 9.77. The van der Waals surface area contributed by atoms with E-state index in [9.17, 15) is 19.4 Å². The molecule has 10 unspecified atom stereocenters. The van der Waals surface area contributed by atoms with E-state index in [2.05, 4.69) is 20.8 Å². The number of alkyl halides is 1. The number of rotatable bonds is 2. The molecular formula is C33H47FO7. The molecule has 0 radical (unpaired) electrons. The third-order valence-corrected chi connectivity index (χ3v) is 9.72. The van der Waals surface area contributed by atoms with Crippen LogP contribution < -0.4 is 0 Å². The zero-order valence-corrected chi connectivity index (χ0v) is 25.1. The van der Waals surface area contributed by atoms with Crippen LogP contribution in [0.4, 0.5) is 4.39 Å². The molecule has 8 heteroatoms. The monoisotopic (exact) mass is 574 g/mol. The molecule has 41 heavy (non-hydrogen) atoms. The van der Waals surface area contributed by atoms with Crippen molar-refractivity contribution in [3.63, 3.8) is 0 Å². The van der Waals surface area contributed by atoms with Crippen molar-refractivity contribution in [1.82, 2.24) is 0 Å². The van der Waals surface area contributed by atoms with E-state index < -0.39 is 48.3 Å². The van der Waals surface area contributed by atoms with Gasteiger partial charge in [0.15, 0.2) is 5.79 Å². The highest BCUT2D eigenvalue weighted by atomic mass is 19.1. The Labute approximate surface area is 243 Å². The van der Waals surface area contributed by atoms with Crippen molar-refractivity contribution >= 4 is 5.97 Å². The summed E-state index contributed by atoms with van der Waals surface area (Å²) in [7, 11) is 0. The number of carbonyl (C=O) groups excluding carboxylic acids is 1. The van der Waals surface area contributed by atoms with Crippen molar-refractivity contribution in [3.8, 4) is 0 Å².